The Hall–Kier alpha value is -3.54. The molecule has 12 heteroatoms. The molecule has 0 radical (unpaired) electrons. The van der Waals surface area contributed by atoms with Crippen molar-refractivity contribution in [3.63, 3.8) is 0 Å². The van der Waals surface area contributed by atoms with Crippen molar-refractivity contribution >= 4 is 35.1 Å². The second kappa shape index (κ2) is 8.19. The summed E-state index contributed by atoms with van der Waals surface area (Å²) in [5.41, 5.74) is 8.32. The topological polar surface area (TPSA) is 106 Å². The average Bonchev–Trinajstić information content (AvgIpc) is 3.33. The number of rotatable bonds is 5. The molecule has 0 saturated heterocycles. The summed E-state index contributed by atoms with van der Waals surface area (Å²) in [4.78, 5) is 17.6. The number of para-hydroxylation sites is 1. The van der Waals surface area contributed by atoms with Crippen LogP contribution in [0.4, 0.5) is 19.1 Å². The van der Waals surface area contributed by atoms with Gasteiger partial charge in [-0.15, -0.1) is 5.10 Å². The Morgan fingerprint density at radius 2 is 2.06 bits per heavy atom. The monoisotopic (exact) mass is 446 g/mol. The van der Waals surface area contributed by atoms with Crippen molar-refractivity contribution in [2.45, 2.75) is 19.5 Å². The van der Waals surface area contributed by atoms with Crippen molar-refractivity contribution in [3.8, 4) is 5.75 Å². The molecular weight excluding hydrogens is 425 g/mol. The lowest BCUT2D eigenvalue weighted by atomic mass is 10.2. The van der Waals surface area contributed by atoms with Crippen LogP contribution in [0, 0.1) is 0 Å². The first-order valence-electron chi connectivity index (χ1n) is 9.72. The molecule has 9 nitrogen and oxygen atoms in total. The lowest BCUT2D eigenvalue weighted by Gasteiger charge is -2.14. The van der Waals surface area contributed by atoms with E-state index >= 15 is 0 Å². The normalized spacial score (nSPS) is 15.8. The zero-order chi connectivity index (χ0) is 23.0. The Balaban J connectivity index is 1.52. The maximum atomic E-state index is 12.9. The molecule has 0 amide bonds. The van der Waals surface area contributed by atoms with Crippen molar-refractivity contribution in [3.05, 3.63) is 35.3 Å². The molecule has 3 heterocycles. The second-order valence-electron chi connectivity index (χ2n) is 7.37. The summed E-state index contributed by atoms with van der Waals surface area (Å²) in [6.45, 7) is 6.03. The molecule has 0 fully saturated rings. The third kappa shape index (κ3) is 4.00. The number of halogens is 3. The summed E-state index contributed by atoms with van der Waals surface area (Å²) in [5.74, 6) is 0.0796. The van der Waals surface area contributed by atoms with Crippen molar-refractivity contribution in [2.75, 3.05) is 32.5 Å². The molecule has 168 valence electrons. The number of methoxy groups -OCH3 is 1. The van der Waals surface area contributed by atoms with Gasteiger partial charge >= 0.3 is 6.18 Å². The Morgan fingerprint density at radius 3 is 2.75 bits per heavy atom. The molecule has 4 rings (SSSR count). The fraction of sp³-hybridized carbons (Fsp3) is 0.350. The van der Waals surface area contributed by atoms with Crippen LogP contribution in [-0.4, -0.2) is 70.0 Å². The third-order valence-electron chi connectivity index (χ3n) is 5.18. The number of benzene rings is 1. The van der Waals surface area contributed by atoms with E-state index in [9.17, 15) is 13.2 Å². The number of alkyl halides is 3. The Kier molecular flexibility index (Phi) is 5.55. The first kappa shape index (κ1) is 21.7. The molecule has 1 aliphatic heterocycles. The van der Waals surface area contributed by atoms with E-state index in [1.54, 1.807) is 20.1 Å². The van der Waals surface area contributed by atoms with Gasteiger partial charge in [0.2, 0.25) is 11.8 Å². The van der Waals surface area contributed by atoms with Crippen molar-refractivity contribution in [1.29, 1.82) is 0 Å². The SMILES string of the molecule is C=NC(=NC1=C(C)CN(CCc2nc3c4cccc(OC)c4nc(N)n3n2)C1)C(F)(F)F. The predicted octanol–water partition coefficient (Wildman–Crippen LogP) is 2.66. The van der Waals surface area contributed by atoms with Crippen LogP contribution in [-0.2, 0) is 6.42 Å². The Bertz CT molecular complexity index is 1260. The minimum Gasteiger partial charge on any atom is -0.494 e. The van der Waals surface area contributed by atoms with Crippen molar-refractivity contribution in [1.82, 2.24) is 24.5 Å². The van der Waals surface area contributed by atoms with Crippen LogP contribution in [0.25, 0.3) is 16.6 Å². The second-order valence-corrected chi connectivity index (χ2v) is 7.37. The molecule has 32 heavy (non-hydrogen) atoms. The number of anilines is 1. The minimum atomic E-state index is -4.64. The van der Waals surface area contributed by atoms with Gasteiger partial charge in [-0.05, 0) is 31.3 Å². The molecule has 0 saturated carbocycles. The summed E-state index contributed by atoms with van der Waals surface area (Å²) in [5, 5.41) is 5.20. The maximum absolute atomic E-state index is 12.9. The van der Waals surface area contributed by atoms with Crippen LogP contribution in [0.3, 0.4) is 0 Å². The van der Waals surface area contributed by atoms with E-state index in [0.717, 1.165) is 11.0 Å². The Morgan fingerprint density at radius 1 is 1.28 bits per heavy atom. The number of nitrogen functional groups attached to an aromatic ring is 1. The van der Waals surface area contributed by atoms with Crippen LogP contribution >= 0.6 is 0 Å². The van der Waals surface area contributed by atoms with Gasteiger partial charge in [0.25, 0.3) is 0 Å². The van der Waals surface area contributed by atoms with Gasteiger partial charge in [-0.1, -0.05) is 6.07 Å². The van der Waals surface area contributed by atoms with Gasteiger partial charge in [0.1, 0.15) is 11.3 Å². The molecular formula is C20H21F3N8O. The molecule has 0 aliphatic carbocycles. The number of aliphatic imine (C=N–C) groups is 2. The van der Waals surface area contributed by atoms with E-state index in [1.165, 1.54) is 4.52 Å². The van der Waals surface area contributed by atoms with Crippen LogP contribution in [0.5, 0.6) is 5.75 Å². The predicted molar refractivity (Wildman–Crippen MR) is 115 cm³/mol. The third-order valence-corrected chi connectivity index (χ3v) is 5.18. The van der Waals surface area contributed by atoms with Gasteiger partial charge in [0.15, 0.2) is 11.5 Å². The Labute approximate surface area is 181 Å². The lowest BCUT2D eigenvalue weighted by molar-refractivity contribution is -0.0596. The number of fused-ring (bicyclic) bond motifs is 3. The lowest BCUT2D eigenvalue weighted by Crippen LogP contribution is -2.25. The van der Waals surface area contributed by atoms with Gasteiger partial charge in [-0.3, -0.25) is 4.90 Å². The number of nitrogens with zero attached hydrogens (tertiary/aromatic N) is 7. The molecule has 0 unspecified atom stereocenters. The molecule has 1 aliphatic rings. The van der Waals surface area contributed by atoms with Gasteiger partial charge in [-0.2, -0.15) is 17.7 Å². The number of nitrogens with two attached hydrogens (primary N) is 1. The molecule has 2 aromatic heterocycles. The van der Waals surface area contributed by atoms with Crippen molar-refractivity contribution < 1.29 is 17.9 Å². The first-order valence-corrected chi connectivity index (χ1v) is 9.72. The van der Waals surface area contributed by atoms with Crippen LogP contribution < -0.4 is 10.5 Å². The highest BCUT2D eigenvalue weighted by atomic mass is 19.4. The van der Waals surface area contributed by atoms with E-state index in [4.69, 9.17) is 10.5 Å². The number of hydrogen-bond acceptors (Lipinski definition) is 7. The molecule has 1 aromatic carbocycles. The minimum absolute atomic E-state index is 0.183. The van der Waals surface area contributed by atoms with E-state index in [1.807, 2.05) is 17.0 Å². The largest absolute Gasteiger partial charge is 0.494 e. The molecule has 0 bridgehead atoms. The van der Waals surface area contributed by atoms with E-state index in [0.29, 0.717) is 47.9 Å². The summed E-state index contributed by atoms with van der Waals surface area (Å²) in [6, 6.07) is 5.49. The first-order chi connectivity index (χ1) is 15.2. The van der Waals surface area contributed by atoms with Crippen molar-refractivity contribution in [2.24, 2.45) is 9.98 Å². The van der Waals surface area contributed by atoms with E-state index in [2.05, 4.69) is 31.8 Å². The van der Waals surface area contributed by atoms with Crippen LogP contribution in [0.15, 0.2) is 39.5 Å². The maximum Gasteiger partial charge on any atom is 0.451 e. The van der Waals surface area contributed by atoms with E-state index in [-0.39, 0.29) is 12.5 Å². The zero-order valence-electron chi connectivity index (χ0n) is 17.5. The van der Waals surface area contributed by atoms with Gasteiger partial charge in [-0.25, -0.2) is 20.0 Å². The number of ether oxygens (including phenoxy) is 1. The smallest absolute Gasteiger partial charge is 0.451 e. The summed E-state index contributed by atoms with van der Waals surface area (Å²) >= 11 is 0. The molecule has 3 aromatic rings. The quantitative estimate of drug-likeness (QED) is 0.477. The van der Waals surface area contributed by atoms with Crippen LogP contribution in [0.1, 0.15) is 12.7 Å². The van der Waals surface area contributed by atoms with Gasteiger partial charge in [0.05, 0.1) is 12.8 Å². The molecule has 0 atom stereocenters. The number of amidine groups is 1. The van der Waals surface area contributed by atoms with E-state index < -0.39 is 12.0 Å². The van der Waals surface area contributed by atoms with Gasteiger partial charge in [0, 0.05) is 31.4 Å². The van der Waals surface area contributed by atoms with Crippen LogP contribution in [0.2, 0.25) is 0 Å². The van der Waals surface area contributed by atoms with Gasteiger partial charge < -0.3 is 10.5 Å². The fourth-order valence-electron chi connectivity index (χ4n) is 3.63. The standard InChI is InChI=1S/C20H21F3N8O/c1-11-9-30(10-13(11)26-18(25-2)20(21,22)23)8-7-15-27-17-12-5-4-6-14(32-3)16(12)28-19(24)31(17)29-15/h4-6H,2,7-10H2,1,3H3,(H2,24,28). The average molecular weight is 446 g/mol. The number of hydrogen-bond donors (Lipinski definition) is 1. The highest BCUT2D eigenvalue weighted by Crippen LogP contribution is 2.28. The zero-order valence-corrected chi connectivity index (χ0v) is 17.5. The fourth-order valence-corrected chi connectivity index (χ4v) is 3.63. The number of aromatic nitrogens is 4. The summed E-state index contributed by atoms with van der Waals surface area (Å²) in [7, 11) is 1.55. The summed E-state index contributed by atoms with van der Waals surface area (Å²) < 4.78 is 45.6. The molecule has 0 spiro atoms. The molecule has 2 N–H and O–H groups in total. The highest BCUT2D eigenvalue weighted by molar-refractivity contribution is 5.95. The summed E-state index contributed by atoms with van der Waals surface area (Å²) in [6.07, 6.45) is -4.16. The highest BCUT2D eigenvalue weighted by Gasteiger charge is 2.36.